The van der Waals surface area contributed by atoms with Gasteiger partial charge in [-0.2, -0.15) is 0 Å². The van der Waals surface area contributed by atoms with Gasteiger partial charge in [-0.3, -0.25) is 0 Å². The van der Waals surface area contributed by atoms with E-state index in [1.165, 1.54) is 70.9 Å². The lowest BCUT2D eigenvalue weighted by molar-refractivity contribution is 0.660. The molecule has 1 heterocycles. The summed E-state index contributed by atoms with van der Waals surface area (Å²) in [7, 11) is 0. The largest absolute Gasteiger partial charge is 0.455 e. The predicted octanol–water partition coefficient (Wildman–Crippen LogP) is 15.6. The third-order valence-corrected chi connectivity index (χ3v) is 12.6. The third kappa shape index (κ3) is 4.71. The summed E-state index contributed by atoms with van der Waals surface area (Å²) >= 11 is 0. The fourth-order valence-corrected chi connectivity index (χ4v) is 9.82. The maximum absolute atomic E-state index is 7.02. The first-order valence-corrected chi connectivity index (χ1v) is 19.8. The lowest BCUT2D eigenvalue weighted by Crippen LogP contribution is -2.16. The van der Waals surface area contributed by atoms with Crippen LogP contribution in [0.5, 0.6) is 0 Å². The highest BCUT2D eigenvalue weighted by Gasteiger charge is 2.36. The molecule has 0 unspecified atom stereocenters. The summed E-state index contributed by atoms with van der Waals surface area (Å²) in [6.45, 7) is 4.71. The van der Waals surface area contributed by atoms with Crippen molar-refractivity contribution in [3.63, 3.8) is 0 Å². The molecule has 11 aromatic rings. The van der Waals surface area contributed by atoms with Crippen LogP contribution in [0, 0.1) is 0 Å². The van der Waals surface area contributed by atoms with Crippen molar-refractivity contribution < 1.29 is 4.42 Å². The highest BCUT2D eigenvalue weighted by atomic mass is 16.3. The quantitative estimate of drug-likeness (QED) is 0.168. The number of nitrogens with zero attached hydrogens (tertiary/aromatic N) is 1. The minimum Gasteiger partial charge on any atom is -0.455 e. The lowest BCUT2D eigenvalue weighted by Gasteiger charge is -2.28. The summed E-state index contributed by atoms with van der Waals surface area (Å²) in [4.78, 5) is 2.42. The maximum atomic E-state index is 7.02. The standard InChI is InChI=1S/C55H37NO/c1-55(2)50-22-12-11-21-45(50)46-27-25-40(33-51(46)55)56(38-24-23-34-13-3-4-14-35(34)29-38)39-26-28-52-47(32-39)49-31-37-16-6-8-18-42(37)53(54(49)57-52)48-30-36-15-5-7-17-41(36)43-19-9-10-20-44(43)48/h3-33H,1-2H3. The van der Waals surface area contributed by atoms with E-state index in [9.17, 15) is 0 Å². The van der Waals surface area contributed by atoms with E-state index in [1.807, 2.05) is 0 Å². The summed E-state index contributed by atoms with van der Waals surface area (Å²) in [6, 6.07) is 69.0. The van der Waals surface area contributed by atoms with Gasteiger partial charge in [0.1, 0.15) is 11.2 Å². The first-order valence-electron chi connectivity index (χ1n) is 19.8. The monoisotopic (exact) mass is 727 g/mol. The molecule has 0 radical (unpaired) electrons. The van der Waals surface area contributed by atoms with Crippen molar-refractivity contribution in [3.05, 3.63) is 199 Å². The van der Waals surface area contributed by atoms with Crippen molar-refractivity contribution >= 4 is 82.1 Å². The van der Waals surface area contributed by atoms with Gasteiger partial charge in [-0.1, -0.05) is 147 Å². The molecule has 0 N–H and O–H groups in total. The highest BCUT2D eigenvalue weighted by molar-refractivity contribution is 6.24. The molecule has 0 atom stereocenters. The summed E-state index contributed by atoms with van der Waals surface area (Å²) < 4.78 is 7.02. The van der Waals surface area contributed by atoms with Crippen LogP contribution in [0.4, 0.5) is 17.1 Å². The van der Waals surface area contributed by atoms with E-state index in [-0.39, 0.29) is 5.41 Å². The second-order valence-electron chi connectivity index (χ2n) is 16.1. The molecule has 10 aromatic carbocycles. The Morgan fingerprint density at radius 1 is 0.368 bits per heavy atom. The van der Waals surface area contributed by atoms with Crippen molar-refractivity contribution in [2.24, 2.45) is 0 Å². The molecule has 57 heavy (non-hydrogen) atoms. The van der Waals surface area contributed by atoms with Crippen LogP contribution in [-0.4, -0.2) is 0 Å². The van der Waals surface area contributed by atoms with Crippen molar-refractivity contribution in [3.8, 4) is 22.3 Å². The molecule has 268 valence electrons. The lowest BCUT2D eigenvalue weighted by atomic mass is 9.82. The zero-order valence-corrected chi connectivity index (χ0v) is 31.8. The van der Waals surface area contributed by atoms with Crippen molar-refractivity contribution in [2.45, 2.75) is 19.3 Å². The molecule has 0 aliphatic heterocycles. The number of anilines is 3. The van der Waals surface area contributed by atoms with Gasteiger partial charge in [0.2, 0.25) is 0 Å². The number of rotatable bonds is 4. The second-order valence-corrected chi connectivity index (χ2v) is 16.1. The van der Waals surface area contributed by atoms with Crippen LogP contribution in [0.15, 0.2) is 192 Å². The van der Waals surface area contributed by atoms with Crippen LogP contribution in [-0.2, 0) is 5.41 Å². The Labute approximate surface area is 330 Å². The molecule has 0 fully saturated rings. The average Bonchev–Trinajstić information content (AvgIpc) is 3.73. The van der Waals surface area contributed by atoms with Crippen molar-refractivity contribution in [1.82, 2.24) is 0 Å². The predicted molar refractivity (Wildman–Crippen MR) is 241 cm³/mol. The van der Waals surface area contributed by atoms with E-state index < -0.39 is 0 Å². The summed E-state index contributed by atoms with van der Waals surface area (Å²) in [5, 5.41) is 12.0. The molecule has 0 saturated heterocycles. The fourth-order valence-electron chi connectivity index (χ4n) is 9.82. The van der Waals surface area contributed by atoms with Crippen LogP contribution in [0.25, 0.3) is 87.3 Å². The minimum absolute atomic E-state index is 0.119. The van der Waals surface area contributed by atoms with Gasteiger partial charge in [0.05, 0.1) is 0 Å². The van der Waals surface area contributed by atoms with Crippen LogP contribution >= 0.6 is 0 Å². The summed E-state index contributed by atoms with van der Waals surface area (Å²) in [6.07, 6.45) is 0. The number of hydrogen-bond acceptors (Lipinski definition) is 2. The number of furan rings is 1. The van der Waals surface area contributed by atoms with Crippen LogP contribution in [0.1, 0.15) is 25.0 Å². The maximum Gasteiger partial charge on any atom is 0.143 e. The van der Waals surface area contributed by atoms with Crippen LogP contribution in [0.2, 0.25) is 0 Å². The molecule has 1 aromatic heterocycles. The van der Waals surface area contributed by atoms with E-state index in [0.29, 0.717) is 0 Å². The molecule has 0 spiro atoms. The first kappa shape index (κ1) is 32.1. The molecular formula is C55H37NO. The van der Waals surface area contributed by atoms with Gasteiger partial charge < -0.3 is 9.32 Å². The molecule has 1 aliphatic carbocycles. The minimum atomic E-state index is -0.119. The van der Waals surface area contributed by atoms with Crippen LogP contribution < -0.4 is 4.90 Å². The van der Waals surface area contributed by atoms with Crippen molar-refractivity contribution in [1.29, 1.82) is 0 Å². The van der Waals surface area contributed by atoms with Gasteiger partial charge in [-0.05, 0) is 126 Å². The number of fused-ring (bicyclic) bond motifs is 11. The number of benzene rings is 10. The van der Waals surface area contributed by atoms with Gasteiger partial charge in [0, 0.05) is 38.8 Å². The van der Waals surface area contributed by atoms with E-state index in [4.69, 9.17) is 4.42 Å². The van der Waals surface area contributed by atoms with Gasteiger partial charge in [-0.25, -0.2) is 0 Å². The molecule has 12 rings (SSSR count). The molecule has 0 saturated carbocycles. The van der Waals surface area contributed by atoms with E-state index in [2.05, 4.69) is 207 Å². The van der Waals surface area contributed by atoms with Gasteiger partial charge in [0.15, 0.2) is 0 Å². The normalized spacial score (nSPS) is 13.2. The molecule has 1 aliphatic rings. The summed E-state index contributed by atoms with van der Waals surface area (Å²) in [5.41, 5.74) is 12.7. The van der Waals surface area contributed by atoms with Crippen molar-refractivity contribution in [2.75, 3.05) is 4.90 Å². The molecular weight excluding hydrogens is 691 g/mol. The smallest absolute Gasteiger partial charge is 0.143 e. The Bertz CT molecular complexity index is 3460. The number of hydrogen-bond donors (Lipinski definition) is 0. The average molecular weight is 728 g/mol. The molecule has 2 nitrogen and oxygen atoms in total. The zero-order chi connectivity index (χ0) is 37.8. The topological polar surface area (TPSA) is 16.4 Å². The third-order valence-electron chi connectivity index (χ3n) is 12.6. The first-order chi connectivity index (χ1) is 28.0. The Balaban J connectivity index is 1.12. The van der Waals surface area contributed by atoms with E-state index in [1.54, 1.807) is 0 Å². The highest BCUT2D eigenvalue weighted by Crippen LogP contribution is 2.51. The van der Waals surface area contributed by atoms with Crippen LogP contribution in [0.3, 0.4) is 0 Å². The second kappa shape index (κ2) is 11.9. The van der Waals surface area contributed by atoms with Gasteiger partial charge in [0.25, 0.3) is 0 Å². The molecule has 0 amide bonds. The van der Waals surface area contributed by atoms with Gasteiger partial charge >= 0.3 is 0 Å². The summed E-state index contributed by atoms with van der Waals surface area (Å²) in [5.74, 6) is 0. The Morgan fingerprint density at radius 2 is 0.965 bits per heavy atom. The Kier molecular flexibility index (Phi) is 6.72. The Hall–Kier alpha value is -7.16. The molecule has 2 heteroatoms. The van der Waals surface area contributed by atoms with Gasteiger partial charge in [-0.15, -0.1) is 0 Å². The van der Waals surface area contributed by atoms with E-state index in [0.717, 1.165) is 44.6 Å². The van der Waals surface area contributed by atoms with E-state index >= 15 is 0 Å². The SMILES string of the molecule is CC1(C)c2ccccc2-c2ccc(N(c3ccc4ccccc4c3)c3ccc4oc5c(-c6cc7ccccc7c7ccccc67)c6ccccc6cc5c4c3)cc21. The Morgan fingerprint density at radius 3 is 1.81 bits per heavy atom. The molecule has 0 bridgehead atoms. The zero-order valence-electron chi connectivity index (χ0n) is 31.8. The fraction of sp³-hybridized carbons (Fsp3) is 0.0545.